The number of nitrogens with zero attached hydrogens (tertiary/aromatic N) is 1. The van der Waals surface area contributed by atoms with Gasteiger partial charge in [0.1, 0.15) is 0 Å². The number of nitrogens with one attached hydrogen (secondary N) is 1. The van der Waals surface area contributed by atoms with Crippen LogP contribution in [0.25, 0.3) is 0 Å². The van der Waals surface area contributed by atoms with Crippen molar-refractivity contribution in [2.45, 2.75) is 18.2 Å². The van der Waals surface area contributed by atoms with Crippen molar-refractivity contribution in [2.24, 2.45) is 5.73 Å². The highest BCUT2D eigenvalue weighted by molar-refractivity contribution is 7.93. The van der Waals surface area contributed by atoms with Gasteiger partial charge in [-0.05, 0) is 43.1 Å². The highest BCUT2D eigenvalue weighted by Crippen LogP contribution is 2.20. The predicted octanol–water partition coefficient (Wildman–Crippen LogP) is 1.75. The van der Waals surface area contributed by atoms with E-state index in [1.54, 1.807) is 29.8 Å². The first-order valence-corrected chi connectivity index (χ1v) is 8.11. The standard InChI is InChI=1S/C12H15N3O2S2/c1-9-8-11(3-2-10(9)4-5-13)19(16,17)15-12-14-6-7-18-12/h2-3,6-8H,4-5,13H2,1H3,(H,14,15). The van der Waals surface area contributed by atoms with Crippen LogP contribution in [-0.4, -0.2) is 19.9 Å². The summed E-state index contributed by atoms with van der Waals surface area (Å²) in [7, 11) is -3.57. The maximum atomic E-state index is 12.2. The van der Waals surface area contributed by atoms with Gasteiger partial charge < -0.3 is 5.73 Å². The summed E-state index contributed by atoms with van der Waals surface area (Å²) < 4.78 is 26.8. The number of nitrogens with two attached hydrogens (primary N) is 1. The molecule has 0 aliphatic rings. The summed E-state index contributed by atoms with van der Waals surface area (Å²) >= 11 is 1.24. The van der Waals surface area contributed by atoms with E-state index in [9.17, 15) is 8.42 Å². The van der Waals surface area contributed by atoms with Crippen LogP contribution in [0.5, 0.6) is 0 Å². The number of thiazole rings is 1. The highest BCUT2D eigenvalue weighted by atomic mass is 32.2. The smallest absolute Gasteiger partial charge is 0.263 e. The SMILES string of the molecule is Cc1cc(S(=O)(=O)Nc2nccs2)ccc1CCN. The van der Waals surface area contributed by atoms with E-state index in [4.69, 9.17) is 5.73 Å². The predicted molar refractivity (Wildman–Crippen MR) is 76.9 cm³/mol. The van der Waals surface area contributed by atoms with Crippen molar-refractivity contribution in [3.8, 4) is 0 Å². The van der Waals surface area contributed by atoms with Gasteiger partial charge in [-0.2, -0.15) is 0 Å². The second kappa shape index (κ2) is 5.68. The van der Waals surface area contributed by atoms with Crippen molar-refractivity contribution >= 4 is 26.5 Å². The highest BCUT2D eigenvalue weighted by Gasteiger charge is 2.16. The van der Waals surface area contributed by atoms with Crippen molar-refractivity contribution < 1.29 is 8.42 Å². The Morgan fingerprint density at radius 2 is 2.21 bits per heavy atom. The number of aromatic nitrogens is 1. The van der Waals surface area contributed by atoms with Crippen LogP contribution in [0.15, 0.2) is 34.7 Å². The van der Waals surface area contributed by atoms with Gasteiger partial charge in [0, 0.05) is 11.6 Å². The van der Waals surface area contributed by atoms with Crippen molar-refractivity contribution in [1.29, 1.82) is 0 Å². The average Bonchev–Trinajstić information content (AvgIpc) is 2.84. The monoisotopic (exact) mass is 297 g/mol. The topological polar surface area (TPSA) is 85.1 Å². The number of benzene rings is 1. The molecule has 0 unspecified atom stereocenters. The first-order chi connectivity index (χ1) is 9.03. The van der Waals surface area contributed by atoms with Crippen molar-refractivity contribution in [2.75, 3.05) is 11.3 Å². The molecule has 2 aromatic rings. The Morgan fingerprint density at radius 3 is 2.79 bits per heavy atom. The third-order valence-electron chi connectivity index (χ3n) is 2.69. The molecular formula is C12H15N3O2S2. The van der Waals surface area contributed by atoms with E-state index < -0.39 is 10.0 Å². The Balaban J connectivity index is 2.28. The molecule has 0 aliphatic heterocycles. The molecule has 5 nitrogen and oxygen atoms in total. The minimum atomic E-state index is -3.57. The number of hydrogen-bond acceptors (Lipinski definition) is 5. The summed E-state index contributed by atoms with van der Waals surface area (Å²) in [6, 6.07) is 5.05. The molecule has 0 fully saturated rings. The van der Waals surface area contributed by atoms with Crippen LogP contribution in [0.3, 0.4) is 0 Å². The second-order valence-electron chi connectivity index (χ2n) is 4.07. The molecule has 19 heavy (non-hydrogen) atoms. The van der Waals surface area contributed by atoms with E-state index in [-0.39, 0.29) is 4.90 Å². The molecule has 0 saturated carbocycles. The maximum absolute atomic E-state index is 12.2. The molecule has 1 heterocycles. The van der Waals surface area contributed by atoms with E-state index in [0.717, 1.165) is 17.5 Å². The van der Waals surface area contributed by atoms with Crippen LogP contribution in [0.4, 0.5) is 5.13 Å². The van der Waals surface area contributed by atoms with Gasteiger partial charge >= 0.3 is 0 Å². The lowest BCUT2D eigenvalue weighted by atomic mass is 10.1. The Labute approximate surface area is 116 Å². The zero-order chi connectivity index (χ0) is 13.9. The molecular weight excluding hydrogens is 282 g/mol. The molecule has 0 amide bonds. The number of anilines is 1. The lowest BCUT2D eigenvalue weighted by Crippen LogP contribution is -2.13. The summed E-state index contributed by atoms with van der Waals surface area (Å²) in [6.45, 7) is 2.43. The maximum Gasteiger partial charge on any atom is 0.263 e. The van der Waals surface area contributed by atoms with Crippen LogP contribution < -0.4 is 10.5 Å². The molecule has 1 aromatic carbocycles. The molecule has 102 valence electrons. The quantitative estimate of drug-likeness (QED) is 0.880. The summed E-state index contributed by atoms with van der Waals surface area (Å²) in [6.07, 6.45) is 2.30. The molecule has 0 spiro atoms. The van der Waals surface area contributed by atoms with Gasteiger partial charge in [0.2, 0.25) is 0 Å². The van der Waals surface area contributed by atoms with Gasteiger partial charge in [-0.25, -0.2) is 13.4 Å². The van der Waals surface area contributed by atoms with Crippen LogP contribution in [0.1, 0.15) is 11.1 Å². The number of aryl methyl sites for hydroxylation is 1. The molecule has 0 saturated heterocycles. The van der Waals surface area contributed by atoms with Gasteiger partial charge in [0.15, 0.2) is 5.13 Å². The van der Waals surface area contributed by atoms with Gasteiger partial charge in [0.05, 0.1) is 4.90 Å². The van der Waals surface area contributed by atoms with E-state index >= 15 is 0 Å². The first-order valence-electron chi connectivity index (χ1n) is 5.75. The Hall–Kier alpha value is -1.44. The van der Waals surface area contributed by atoms with E-state index in [1.165, 1.54) is 11.3 Å². The number of sulfonamides is 1. The van der Waals surface area contributed by atoms with Gasteiger partial charge in [-0.1, -0.05) is 6.07 Å². The molecule has 0 radical (unpaired) electrons. The summed E-state index contributed by atoms with van der Waals surface area (Å²) in [5, 5.41) is 2.08. The van der Waals surface area contributed by atoms with Crippen LogP contribution in [-0.2, 0) is 16.4 Å². The van der Waals surface area contributed by atoms with Crippen molar-refractivity contribution in [1.82, 2.24) is 4.98 Å². The molecule has 0 atom stereocenters. The van der Waals surface area contributed by atoms with Gasteiger partial charge in [-0.3, -0.25) is 4.72 Å². The Morgan fingerprint density at radius 1 is 1.42 bits per heavy atom. The van der Waals surface area contributed by atoms with Crippen LogP contribution in [0.2, 0.25) is 0 Å². The number of rotatable bonds is 5. The van der Waals surface area contributed by atoms with Crippen molar-refractivity contribution in [3.63, 3.8) is 0 Å². The fourth-order valence-corrected chi connectivity index (χ4v) is 3.59. The van der Waals surface area contributed by atoms with E-state index in [2.05, 4.69) is 9.71 Å². The van der Waals surface area contributed by atoms with Crippen LogP contribution >= 0.6 is 11.3 Å². The largest absolute Gasteiger partial charge is 0.330 e. The number of hydrogen-bond donors (Lipinski definition) is 2. The zero-order valence-electron chi connectivity index (χ0n) is 10.5. The minimum absolute atomic E-state index is 0.237. The molecule has 7 heteroatoms. The Bertz CT molecular complexity index is 652. The molecule has 0 bridgehead atoms. The van der Waals surface area contributed by atoms with E-state index in [0.29, 0.717) is 11.7 Å². The second-order valence-corrected chi connectivity index (χ2v) is 6.65. The Kier molecular flexibility index (Phi) is 4.18. The third-order valence-corrected chi connectivity index (χ3v) is 4.85. The molecule has 2 rings (SSSR count). The van der Waals surface area contributed by atoms with Crippen molar-refractivity contribution in [3.05, 3.63) is 40.9 Å². The lowest BCUT2D eigenvalue weighted by Gasteiger charge is -2.09. The summed E-state index contributed by atoms with van der Waals surface area (Å²) in [5.74, 6) is 0. The van der Waals surface area contributed by atoms with Gasteiger partial charge in [0.25, 0.3) is 10.0 Å². The first kappa shape index (κ1) is 14.0. The summed E-state index contributed by atoms with van der Waals surface area (Å²) in [4.78, 5) is 4.15. The van der Waals surface area contributed by atoms with Gasteiger partial charge in [-0.15, -0.1) is 11.3 Å². The summed E-state index contributed by atoms with van der Waals surface area (Å²) in [5.41, 5.74) is 7.50. The third kappa shape index (κ3) is 3.31. The zero-order valence-corrected chi connectivity index (χ0v) is 12.1. The fraction of sp³-hybridized carbons (Fsp3) is 0.250. The van der Waals surface area contributed by atoms with E-state index in [1.807, 2.05) is 6.92 Å². The normalized spacial score (nSPS) is 11.5. The molecule has 0 aliphatic carbocycles. The lowest BCUT2D eigenvalue weighted by molar-refractivity contribution is 0.601. The minimum Gasteiger partial charge on any atom is -0.330 e. The van der Waals surface area contributed by atoms with Crippen LogP contribution in [0, 0.1) is 6.92 Å². The molecule has 3 N–H and O–H groups in total. The fourth-order valence-electron chi connectivity index (χ4n) is 1.72. The average molecular weight is 297 g/mol. The molecule has 1 aromatic heterocycles.